The molecule has 1 unspecified atom stereocenters. The summed E-state index contributed by atoms with van der Waals surface area (Å²) in [6.07, 6.45) is 3.47. The molecule has 0 aromatic heterocycles. The Morgan fingerprint density at radius 3 is 2.39 bits per heavy atom. The van der Waals surface area contributed by atoms with Crippen molar-refractivity contribution in [2.45, 2.75) is 25.3 Å². The Morgan fingerprint density at radius 1 is 1.13 bits per heavy atom. The van der Waals surface area contributed by atoms with Gasteiger partial charge in [0.05, 0.1) is 18.8 Å². The van der Waals surface area contributed by atoms with Crippen LogP contribution in [0.5, 0.6) is 0 Å². The summed E-state index contributed by atoms with van der Waals surface area (Å²) in [5.41, 5.74) is 4.21. The first-order valence-electron chi connectivity index (χ1n) is 11.1. The summed E-state index contributed by atoms with van der Waals surface area (Å²) in [6.45, 7) is 9.76. The lowest BCUT2D eigenvalue weighted by molar-refractivity contribution is 0.122. The molecule has 3 rings (SSSR count). The minimum atomic E-state index is -0.303. The van der Waals surface area contributed by atoms with E-state index in [0.717, 1.165) is 50.4 Å². The first-order valence-corrected chi connectivity index (χ1v) is 11.1. The summed E-state index contributed by atoms with van der Waals surface area (Å²) in [6, 6.07) is 19.3. The van der Waals surface area contributed by atoms with Crippen molar-refractivity contribution >= 4 is 11.4 Å². The second kappa shape index (κ2) is 11.1. The maximum atomic E-state index is 5.66. The van der Waals surface area contributed by atoms with Crippen molar-refractivity contribution in [2.75, 3.05) is 51.9 Å². The van der Waals surface area contributed by atoms with Crippen molar-refractivity contribution in [1.82, 2.24) is 4.90 Å². The fraction of sp³-hybridized carbons (Fsp3) is 0.423. The zero-order chi connectivity index (χ0) is 22.1. The van der Waals surface area contributed by atoms with E-state index in [2.05, 4.69) is 97.2 Å². The molecule has 0 saturated carbocycles. The van der Waals surface area contributed by atoms with E-state index in [1.165, 1.54) is 11.3 Å². The highest BCUT2D eigenvalue weighted by molar-refractivity contribution is 6.07. The van der Waals surface area contributed by atoms with Crippen molar-refractivity contribution in [2.24, 2.45) is 5.16 Å². The van der Waals surface area contributed by atoms with Crippen LogP contribution in [0.2, 0.25) is 0 Å². The van der Waals surface area contributed by atoms with Crippen LogP contribution in [-0.4, -0.2) is 63.2 Å². The van der Waals surface area contributed by atoms with Gasteiger partial charge in [-0.15, -0.1) is 0 Å². The summed E-state index contributed by atoms with van der Waals surface area (Å²) in [4.78, 5) is 10.3. The topological polar surface area (TPSA) is 37.3 Å². The normalized spacial score (nSPS) is 16.8. The molecule has 1 aliphatic rings. The average Bonchev–Trinajstić information content (AvgIpc) is 2.82. The molecule has 1 atom stereocenters. The number of rotatable bonds is 10. The maximum absolute atomic E-state index is 5.66. The van der Waals surface area contributed by atoms with Gasteiger partial charge in [0.15, 0.2) is 0 Å². The molecule has 0 aliphatic carbocycles. The Balaban J connectivity index is 1.98. The number of hydrogen-bond acceptors (Lipinski definition) is 5. The molecule has 1 aliphatic heterocycles. The minimum Gasteiger partial charge on any atom is -0.391 e. The highest BCUT2D eigenvalue weighted by atomic mass is 16.6. The second-order valence-electron chi connectivity index (χ2n) is 8.11. The van der Waals surface area contributed by atoms with Crippen molar-refractivity contribution in [3.63, 3.8) is 0 Å². The maximum Gasteiger partial charge on any atom is 0.135 e. The predicted molar refractivity (Wildman–Crippen MR) is 129 cm³/mol. The number of anilines is 1. The molecule has 2 aromatic carbocycles. The number of likely N-dealkylation sites (N-methyl/N-ethyl adjacent to an activating group) is 1. The van der Waals surface area contributed by atoms with Gasteiger partial charge in [-0.3, -0.25) is 4.90 Å². The number of ether oxygens (including phenoxy) is 1. The van der Waals surface area contributed by atoms with Crippen LogP contribution in [0, 0.1) is 0 Å². The van der Waals surface area contributed by atoms with Crippen molar-refractivity contribution in [3.8, 4) is 0 Å². The van der Waals surface area contributed by atoms with E-state index in [-0.39, 0.29) is 5.54 Å². The van der Waals surface area contributed by atoms with E-state index in [4.69, 9.17) is 9.57 Å². The van der Waals surface area contributed by atoms with Crippen LogP contribution in [0.15, 0.2) is 72.4 Å². The largest absolute Gasteiger partial charge is 0.391 e. The lowest BCUT2D eigenvalue weighted by atomic mass is 9.79. The molecular formula is C26H35N3O2. The number of nitrogens with zero attached hydrogens (tertiary/aromatic N) is 3. The SMILES string of the molecule is C=CCON=C(c1ccc(N2CCOCC2)cc1)C(CC)(Cc1ccccc1)N(C)C. The van der Waals surface area contributed by atoms with E-state index < -0.39 is 0 Å². The molecule has 0 amide bonds. The van der Waals surface area contributed by atoms with Crippen molar-refractivity contribution in [3.05, 3.63) is 78.4 Å². The van der Waals surface area contributed by atoms with Gasteiger partial charge < -0.3 is 14.5 Å². The van der Waals surface area contributed by atoms with Crippen molar-refractivity contribution < 1.29 is 9.57 Å². The van der Waals surface area contributed by atoms with E-state index in [1.807, 2.05) is 0 Å². The summed E-state index contributed by atoms with van der Waals surface area (Å²) >= 11 is 0. The molecular weight excluding hydrogens is 386 g/mol. The van der Waals surface area contributed by atoms with Crippen LogP contribution in [-0.2, 0) is 16.0 Å². The van der Waals surface area contributed by atoms with Gasteiger partial charge in [-0.25, -0.2) is 0 Å². The third kappa shape index (κ3) is 5.54. The van der Waals surface area contributed by atoms with Gasteiger partial charge in [-0.1, -0.05) is 67.2 Å². The number of oxime groups is 1. The van der Waals surface area contributed by atoms with Gasteiger partial charge in [0, 0.05) is 24.3 Å². The Bertz CT molecular complexity index is 843. The molecule has 5 nitrogen and oxygen atoms in total. The number of morpholine rings is 1. The number of benzene rings is 2. The van der Waals surface area contributed by atoms with Gasteiger partial charge >= 0.3 is 0 Å². The highest BCUT2D eigenvalue weighted by Gasteiger charge is 2.38. The Morgan fingerprint density at radius 2 is 1.81 bits per heavy atom. The molecule has 0 spiro atoms. The average molecular weight is 422 g/mol. The molecule has 0 radical (unpaired) electrons. The molecule has 0 bridgehead atoms. The van der Waals surface area contributed by atoms with Gasteiger partial charge in [0.2, 0.25) is 0 Å². The molecule has 1 fully saturated rings. The van der Waals surface area contributed by atoms with Crippen LogP contribution < -0.4 is 4.90 Å². The molecule has 0 N–H and O–H groups in total. The smallest absolute Gasteiger partial charge is 0.135 e. The third-order valence-corrected chi connectivity index (χ3v) is 6.09. The van der Waals surface area contributed by atoms with Gasteiger partial charge in [-0.2, -0.15) is 0 Å². The summed E-state index contributed by atoms with van der Waals surface area (Å²) < 4.78 is 5.49. The zero-order valence-corrected chi connectivity index (χ0v) is 19.1. The zero-order valence-electron chi connectivity index (χ0n) is 19.1. The minimum absolute atomic E-state index is 0.303. The summed E-state index contributed by atoms with van der Waals surface area (Å²) in [7, 11) is 4.25. The van der Waals surface area contributed by atoms with Crippen LogP contribution in [0.3, 0.4) is 0 Å². The molecule has 5 heteroatoms. The fourth-order valence-corrected chi connectivity index (χ4v) is 4.21. The second-order valence-corrected chi connectivity index (χ2v) is 8.11. The lowest BCUT2D eigenvalue weighted by Crippen LogP contribution is -2.53. The van der Waals surface area contributed by atoms with Crippen molar-refractivity contribution in [1.29, 1.82) is 0 Å². The van der Waals surface area contributed by atoms with Crippen LogP contribution in [0.1, 0.15) is 24.5 Å². The molecule has 31 heavy (non-hydrogen) atoms. The van der Waals surface area contributed by atoms with Gasteiger partial charge in [-0.05, 0) is 44.6 Å². The van der Waals surface area contributed by atoms with E-state index in [0.29, 0.717) is 6.61 Å². The van der Waals surface area contributed by atoms with Gasteiger partial charge in [0.25, 0.3) is 0 Å². The first kappa shape index (κ1) is 23.0. The Labute approximate surface area is 186 Å². The standard InChI is InChI=1S/C26H35N3O2/c1-5-18-31-27-25(23-12-14-24(15-13-23)29-16-19-30-20-17-29)26(6-2,28(3)4)21-22-10-8-7-9-11-22/h5,7-15H,1,6,16-21H2,2-4H3. The first-order chi connectivity index (χ1) is 15.1. The molecule has 1 saturated heterocycles. The predicted octanol–water partition coefficient (Wildman–Crippen LogP) is 4.38. The van der Waals surface area contributed by atoms with E-state index in [1.54, 1.807) is 6.08 Å². The van der Waals surface area contributed by atoms with E-state index in [9.17, 15) is 0 Å². The molecule has 166 valence electrons. The van der Waals surface area contributed by atoms with Gasteiger partial charge in [0.1, 0.15) is 12.3 Å². The van der Waals surface area contributed by atoms with E-state index >= 15 is 0 Å². The highest BCUT2D eigenvalue weighted by Crippen LogP contribution is 2.30. The summed E-state index contributed by atoms with van der Waals surface area (Å²) in [5, 5.41) is 4.66. The Kier molecular flexibility index (Phi) is 8.27. The monoisotopic (exact) mass is 421 g/mol. The molecule has 2 aromatic rings. The Hall–Kier alpha value is -2.63. The summed E-state index contributed by atoms with van der Waals surface area (Å²) in [5.74, 6) is 0. The van der Waals surface area contributed by atoms with Crippen LogP contribution in [0.4, 0.5) is 5.69 Å². The molecule has 1 heterocycles. The lowest BCUT2D eigenvalue weighted by Gasteiger charge is -2.40. The van der Waals surface area contributed by atoms with Crippen LogP contribution >= 0.6 is 0 Å². The fourth-order valence-electron chi connectivity index (χ4n) is 4.21. The quantitative estimate of drug-likeness (QED) is 0.247. The number of hydrogen-bond donors (Lipinski definition) is 0. The third-order valence-electron chi connectivity index (χ3n) is 6.09. The van der Waals surface area contributed by atoms with Crippen LogP contribution in [0.25, 0.3) is 0 Å².